The van der Waals surface area contributed by atoms with E-state index in [1.807, 2.05) is 43.3 Å². The lowest BCUT2D eigenvalue weighted by molar-refractivity contribution is 0.415. The Balaban J connectivity index is 2.25. The van der Waals surface area contributed by atoms with Crippen LogP contribution in [0.3, 0.4) is 0 Å². The van der Waals surface area contributed by atoms with Crippen molar-refractivity contribution in [1.29, 1.82) is 0 Å². The Bertz CT molecular complexity index is 552. The number of hydrogen-bond acceptors (Lipinski definition) is 3. The summed E-state index contributed by atoms with van der Waals surface area (Å²) >= 11 is 3.50. The first-order valence-corrected chi connectivity index (χ1v) is 6.36. The Morgan fingerprint density at radius 3 is 2.44 bits per heavy atom. The quantitative estimate of drug-likeness (QED) is 0.840. The molecule has 0 fully saturated rings. The number of methoxy groups -OCH3 is 1. The van der Waals surface area contributed by atoms with Crippen molar-refractivity contribution in [3.05, 3.63) is 46.4 Å². The Hall–Kier alpha value is -1.68. The Morgan fingerprint density at radius 2 is 1.83 bits per heavy atom. The summed E-state index contributed by atoms with van der Waals surface area (Å²) in [7, 11) is 1.66. The van der Waals surface area contributed by atoms with Crippen LogP contribution < -0.4 is 15.8 Å². The van der Waals surface area contributed by atoms with Crippen molar-refractivity contribution in [3.63, 3.8) is 0 Å². The molecule has 0 saturated heterocycles. The van der Waals surface area contributed by atoms with E-state index in [4.69, 9.17) is 10.5 Å². The highest BCUT2D eigenvalue weighted by molar-refractivity contribution is 9.10. The molecule has 0 aliphatic rings. The van der Waals surface area contributed by atoms with E-state index >= 15 is 0 Å². The van der Waals surface area contributed by atoms with Crippen molar-refractivity contribution in [2.24, 2.45) is 0 Å². The van der Waals surface area contributed by atoms with Crippen LogP contribution in [0, 0.1) is 6.92 Å². The molecule has 0 amide bonds. The zero-order valence-electron chi connectivity index (χ0n) is 10.3. The van der Waals surface area contributed by atoms with Gasteiger partial charge in [0.15, 0.2) is 0 Å². The topological polar surface area (TPSA) is 47.3 Å². The number of nitrogen functional groups attached to an aromatic ring is 1. The lowest BCUT2D eigenvalue weighted by atomic mass is 10.2. The monoisotopic (exact) mass is 306 g/mol. The predicted molar refractivity (Wildman–Crippen MR) is 79.6 cm³/mol. The van der Waals surface area contributed by atoms with Gasteiger partial charge in [0.1, 0.15) is 5.75 Å². The number of aryl methyl sites for hydroxylation is 1. The van der Waals surface area contributed by atoms with Gasteiger partial charge in [0.05, 0.1) is 12.8 Å². The fourth-order valence-corrected chi connectivity index (χ4v) is 2.08. The van der Waals surface area contributed by atoms with Gasteiger partial charge in [-0.3, -0.25) is 0 Å². The average Bonchev–Trinajstić information content (AvgIpc) is 2.37. The van der Waals surface area contributed by atoms with Crippen molar-refractivity contribution in [1.82, 2.24) is 0 Å². The van der Waals surface area contributed by atoms with Crippen LogP contribution in [0.2, 0.25) is 0 Å². The van der Waals surface area contributed by atoms with Crippen LogP contribution in [0.15, 0.2) is 40.9 Å². The maximum Gasteiger partial charge on any atom is 0.119 e. The molecule has 0 aliphatic heterocycles. The normalized spacial score (nSPS) is 10.2. The highest BCUT2D eigenvalue weighted by Crippen LogP contribution is 2.30. The van der Waals surface area contributed by atoms with E-state index in [0.29, 0.717) is 0 Å². The van der Waals surface area contributed by atoms with E-state index in [-0.39, 0.29) is 0 Å². The molecule has 0 unspecified atom stereocenters. The molecule has 0 spiro atoms. The molecule has 0 heterocycles. The van der Waals surface area contributed by atoms with E-state index < -0.39 is 0 Å². The standard InChI is InChI=1S/C14H15BrN2O/c1-9-7-14(12(15)8-13(9)16)17-10-3-5-11(18-2)6-4-10/h3-8,17H,16H2,1-2H3. The van der Waals surface area contributed by atoms with Gasteiger partial charge in [-0.15, -0.1) is 0 Å². The summed E-state index contributed by atoms with van der Waals surface area (Å²) in [5, 5.41) is 3.33. The smallest absolute Gasteiger partial charge is 0.119 e. The Morgan fingerprint density at radius 1 is 1.17 bits per heavy atom. The van der Waals surface area contributed by atoms with Crippen molar-refractivity contribution in [2.75, 3.05) is 18.2 Å². The summed E-state index contributed by atoms with van der Waals surface area (Å²) in [5.74, 6) is 0.841. The largest absolute Gasteiger partial charge is 0.497 e. The number of ether oxygens (including phenoxy) is 1. The number of hydrogen-bond donors (Lipinski definition) is 2. The number of rotatable bonds is 3. The summed E-state index contributed by atoms with van der Waals surface area (Å²) in [6.45, 7) is 1.99. The Labute approximate surface area is 115 Å². The molecule has 2 aromatic carbocycles. The molecule has 0 saturated carbocycles. The third kappa shape index (κ3) is 2.76. The van der Waals surface area contributed by atoms with Crippen molar-refractivity contribution >= 4 is 33.0 Å². The van der Waals surface area contributed by atoms with Gasteiger partial charge in [-0.1, -0.05) is 0 Å². The molecular weight excluding hydrogens is 292 g/mol. The molecule has 2 rings (SSSR count). The first-order chi connectivity index (χ1) is 8.60. The van der Waals surface area contributed by atoms with Crippen LogP contribution in [0.25, 0.3) is 0 Å². The molecule has 3 N–H and O–H groups in total. The van der Waals surface area contributed by atoms with E-state index in [1.54, 1.807) is 7.11 Å². The molecular formula is C14H15BrN2O. The fraction of sp³-hybridized carbons (Fsp3) is 0.143. The maximum absolute atomic E-state index is 5.85. The molecule has 0 atom stereocenters. The number of benzene rings is 2. The third-order valence-corrected chi connectivity index (χ3v) is 3.38. The van der Waals surface area contributed by atoms with E-state index in [2.05, 4.69) is 21.2 Å². The molecule has 0 radical (unpaired) electrons. The minimum atomic E-state index is 0.780. The van der Waals surface area contributed by atoms with Crippen LogP contribution in [0.5, 0.6) is 5.75 Å². The molecule has 0 aromatic heterocycles. The van der Waals surface area contributed by atoms with E-state index in [9.17, 15) is 0 Å². The molecule has 0 bridgehead atoms. The minimum Gasteiger partial charge on any atom is -0.497 e. The predicted octanol–water partition coefficient (Wildman–Crippen LogP) is 4.09. The molecule has 18 heavy (non-hydrogen) atoms. The fourth-order valence-electron chi connectivity index (χ4n) is 1.62. The highest BCUT2D eigenvalue weighted by atomic mass is 79.9. The number of anilines is 3. The number of nitrogens with two attached hydrogens (primary N) is 1. The molecule has 94 valence electrons. The first-order valence-electron chi connectivity index (χ1n) is 5.57. The second-order valence-corrected chi connectivity index (χ2v) is 4.90. The second kappa shape index (κ2) is 5.31. The van der Waals surface area contributed by atoms with Gasteiger partial charge < -0.3 is 15.8 Å². The maximum atomic E-state index is 5.85. The average molecular weight is 307 g/mol. The van der Waals surface area contributed by atoms with Gasteiger partial charge in [-0.05, 0) is 64.8 Å². The van der Waals surface area contributed by atoms with Crippen molar-refractivity contribution in [3.8, 4) is 5.75 Å². The zero-order valence-corrected chi connectivity index (χ0v) is 11.9. The van der Waals surface area contributed by atoms with Gasteiger partial charge in [0.25, 0.3) is 0 Å². The van der Waals surface area contributed by atoms with Gasteiger partial charge in [0, 0.05) is 15.8 Å². The third-order valence-electron chi connectivity index (χ3n) is 2.72. The summed E-state index contributed by atoms with van der Waals surface area (Å²) < 4.78 is 6.07. The van der Waals surface area contributed by atoms with E-state index in [0.717, 1.165) is 32.8 Å². The van der Waals surface area contributed by atoms with Crippen molar-refractivity contribution in [2.45, 2.75) is 6.92 Å². The SMILES string of the molecule is COc1ccc(Nc2cc(C)c(N)cc2Br)cc1. The van der Waals surface area contributed by atoms with Crippen molar-refractivity contribution < 1.29 is 4.74 Å². The summed E-state index contributed by atoms with van der Waals surface area (Å²) in [4.78, 5) is 0. The van der Waals surface area contributed by atoms with Crippen LogP contribution >= 0.6 is 15.9 Å². The highest BCUT2D eigenvalue weighted by Gasteiger charge is 2.04. The van der Waals surface area contributed by atoms with Crippen LogP contribution in [-0.2, 0) is 0 Å². The van der Waals surface area contributed by atoms with Gasteiger partial charge >= 0.3 is 0 Å². The molecule has 3 nitrogen and oxygen atoms in total. The Kier molecular flexibility index (Phi) is 3.77. The lowest BCUT2D eigenvalue weighted by Crippen LogP contribution is -1.95. The van der Waals surface area contributed by atoms with Gasteiger partial charge in [-0.25, -0.2) is 0 Å². The molecule has 4 heteroatoms. The van der Waals surface area contributed by atoms with Crippen LogP contribution in [-0.4, -0.2) is 7.11 Å². The van der Waals surface area contributed by atoms with Crippen LogP contribution in [0.1, 0.15) is 5.56 Å². The number of nitrogens with one attached hydrogen (secondary N) is 1. The van der Waals surface area contributed by atoms with Gasteiger partial charge in [0.2, 0.25) is 0 Å². The van der Waals surface area contributed by atoms with Gasteiger partial charge in [-0.2, -0.15) is 0 Å². The lowest BCUT2D eigenvalue weighted by Gasteiger charge is -2.11. The zero-order chi connectivity index (χ0) is 13.1. The number of halogens is 1. The summed E-state index contributed by atoms with van der Waals surface area (Å²) in [6.07, 6.45) is 0. The first kappa shape index (κ1) is 12.8. The minimum absolute atomic E-state index is 0.780. The summed E-state index contributed by atoms with van der Waals surface area (Å²) in [6, 6.07) is 11.7. The molecule has 0 aliphatic carbocycles. The summed E-state index contributed by atoms with van der Waals surface area (Å²) in [5.41, 5.74) is 9.67. The second-order valence-electron chi connectivity index (χ2n) is 4.04. The van der Waals surface area contributed by atoms with Crippen LogP contribution in [0.4, 0.5) is 17.1 Å². The molecule has 2 aromatic rings. The van der Waals surface area contributed by atoms with E-state index in [1.165, 1.54) is 0 Å².